The third-order valence-electron chi connectivity index (χ3n) is 4.24. The van der Waals surface area contributed by atoms with E-state index >= 15 is 0 Å². The normalized spacial score (nSPS) is 16.0. The topological polar surface area (TPSA) is 57.7 Å². The number of sulfonamides is 1. The summed E-state index contributed by atoms with van der Waals surface area (Å²) in [5.74, 6) is -0.574. The number of nitrogens with zero attached hydrogens (tertiary/aromatic N) is 2. The second kappa shape index (κ2) is 6.93. The first-order valence-electron chi connectivity index (χ1n) is 7.99. The van der Waals surface area contributed by atoms with Gasteiger partial charge in [-0.25, -0.2) is 12.8 Å². The molecule has 0 atom stereocenters. The van der Waals surface area contributed by atoms with Gasteiger partial charge in [0.15, 0.2) is 0 Å². The molecule has 1 amide bonds. The van der Waals surface area contributed by atoms with Crippen LogP contribution in [-0.2, 0) is 10.0 Å². The van der Waals surface area contributed by atoms with Gasteiger partial charge in [0.05, 0.1) is 4.90 Å². The number of benzene rings is 2. The zero-order valence-electron chi connectivity index (χ0n) is 13.9. The first-order valence-corrected chi connectivity index (χ1v) is 9.43. The molecule has 0 aromatic heterocycles. The lowest BCUT2D eigenvalue weighted by Gasteiger charge is -2.34. The summed E-state index contributed by atoms with van der Waals surface area (Å²) in [6.07, 6.45) is 0. The lowest BCUT2D eigenvalue weighted by atomic mass is 10.1. The van der Waals surface area contributed by atoms with Crippen LogP contribution in [0.1, 0.15) is 15.9 Å². The third kappa shape index (κ3) is 3.72. The number of rotatable bonds is 3. The summed E-state index contributed by atoms with van der Waals surface area (Å²) in [6.45, 7) is 3.01. The standard InChI is InChI=1S/C18H19FN2O3S/c1-14-3-2-4-15(13-14)18(22)20-9-11-21(12-10-20)25(23,24)17-7-5-16(19)6-8-17/h2-8,13H,9-12H2,1H3. The molecule has 7 heteroatoms. The minimum atomic E-state index is -3.67. The number of aryl methyl sites for hydroxylation is 1. The first kappa shape index (κ1) is 17.6. The Morgan fingerprint density at radius 2 is 1.64 bits per heavy atom. The number of hydrogen-bond acceptors (Lipinski definition) is 3. The van der Waals surface area contributed by atoms with Gasteiger partial charge in [-0.15, -0.1) is 0 Å². The van der Waals surface area contributed by atoms with Crippen molar-refractivity contribution in [3.63, 3.8) is 0 Å². The molecule has 0 unspecified atom stereocenters. The SMILES string of the molecule is Cc1cccc(C(=O)N2CCN(S(=O)(=O)c3ccc(F)cc3)CC2)c1. The van der Waals surface area contributed by atoms with Crippen LogP contribution in [0.2, 0.25) is 0 Å². The largest absolute Gasteiger partial charge is 0.336 e. The predicted molar refractivity (Wildman–Crippen MR) is 92.2 cm³/mol. The first-order chi connectivity index (χ1) is 11.9. The summed E-state index contributed by atoms with van der Waals surface area (Å²) in [6, 6.07) is 12.1. The van der Waals surface area contributed by atoms with Crippen LogP contribution >= 0.6 is 0 Å². The molecule has 132 valence electrons. The van der Waals surface area contributed by atoms with E-state index in [4.69, 9.17) is 0 Å². The van der Waals surface area contributed by atoms with E-state index in [1.54, 1.807) is 11.0 Å². The molecule has 0 bridgehead atoms. The van der Waals surface area contributed by atoms with Gasteiger partial charge in [0.2, 0.25) is 10.0 Å². The van der Waals surface area contributed by atoms with Gasteiger partial charge in [-0.3, -0.25) is 4.79 Å². The molecule has 0 spiro atoms. The summed E-state index contributed by atoms with van der Waals surface area (Å²) < 4.78 is 39.5. The summed E-state index contributed by atoms with van der Waals surface area (Å²) in [5.41, 5.74) is 1.61. The fraction of sp³-hybridized carbons (Fsp3) is 0.278. The maximum absolute atomic E-state index is 13.0. The van der Waals surface area contributed by atoms with Crippen molar-refractivity contribution < 1.29 is 17.6 Å². The minimum absolute atomic E-state index is 0.0624. The Hall–Kier alpha value is -2.25. The number of piperazine rings is 1. The van der Waals surface area contributed by atoms with Crippen molar-refractivity contribution >= 4 is 15.9 Å². The minimum Gasteiger partial charge on any atom is -0.336 e. The van der Waals surface area contributed by atoms with Crippen molar-refractivity contribution in [1.82, 2.24) is 9.21 Å². The molecule has 3 rings (SSSR count). The summed E-state index contributed by atoms with van der Waals surface area (Å²) in [7, 11) is -3.67. The predicted octanol–water partition coefficient (Wildman–Crippen LogP) is 2.28. The van der Waals surface area contributed by atoms with E-state index in [2.05, 4.69) is 0 Å². The van der Waals surface area contributed by atoms with E-state index in [0.717, 1.165) is 17.7 Å². The van der Waals surface area contributed by atoms with Gasteiger partial charge in [-0.05, 0) is 43.3 Å². The van der Waals surface area contributed by atoms with Gasteiger partial charge in [0.1, 0.15) is 5.82 Å². The van der Waals surface area contributed by atoms with E-state index in [-0.39, 0.29) is 23.9 Å². The van der Waals surface area contributed by atoms with Crippen LogP contribution in [0.3, 0.4) is 0 Å². The lowest BCUT2D eigenvalue weighted by Crippen LogP contribution is -2.50. The van der Waals surface area contributed by atoms with E-state index in [0.29, 0.717) is 18.7 Å². The molecule has 5 nitrogen and oxygen atoms in total. The molecule has 2 aromatic carbocycles. The highest BCUT2D eigenvalue weighted by Crippen LogP contribution is 2.19. The number of hydrogen-bond donors (Lipinski definition) is 0. The molecule has 1 heterocycles. The molecule has 2 aromatic rings. The van der Waals surface area contributed by atoms with Gasteiger partial charge >= 0.3 is 0 Å². The quantitative estimate of drug-likeness (QED) is 0.842. The molecular formula is C18H19FN2O3S. The van der Waals surface area contributed by atoms with Crippen LogP contribution < -0.4 is 0 Å². The van der Waals surface area contributed by atoms with Crippen molar-refractivity contribution in [2.75, 3.05) is 26.2 Å². The summed E-state index contributed by atoms with van der Waals surface area (Å²) in [5, 5.41) is 0. The van der Waals surface area contributed by atoms with Crippen LogP contribution in [0, 0.1) is 12.7 Å². The summed E-state index contributed by atoms with van der Waals surface area (Å²) >= 11 is 0. The average Bonchev–Trinajstić information content (AvgIpc) is 2.61. The number of carbonyl (C=O) groups excluding carboxylic acids is 1. The molecule has 1 fully saturated rings. The van der Waals surface area contributed by atoms with Gasteiger partial charge in [-0.2, -0.15) is 4.31 Å². The molecule has 1 aliphatic rings. The van der Waals surface area contributed by atoms with Crippen molar-refractivity contribution in [3.8, 4) is 0 Å². The Labute approximate surface area is 146 Å². The van der Waals surface area contributed by atoms with Gasteiger partial charge in [0, 0.05) is 31.7 Å². The molecule has 25 heavy (non-hydrogen) atoms. The maximum atomic E-state index is 13.0. The molecule has 0 radical (unpaired) electrons. The Kier molecular flexibility index (Phi) is 4.87. The fourth-order valence-corrected chi connectivity index (χ4v) is 4.27. The van der Waals surface area contributed by atoms with Gasteiger partial charge in [0.25, 0.3) is 5.91 Å². The second-order valence-corrected chi connectivity index (χ2v) is 7.96. The van der Waals surface area contributed by atoms with Crippen LogP contribution in [0.5, 0.6) is 0 Å². The van der Waals surface area contributed by atoms with E-state index in [9.17, 15) is 17.6 Å². The smallest absolute Gasteiger partial charge is 0.253 e. The van der Waals surface area contributed by atoms with Crippen LogP contribution in [0.15, 0.2) is 53.4 Å². The molecule has 0 N–H and O–H groups in total. The van der Waals surface area contributed by atoms with Crippen molar-refractivity contribution in [1.29, 1.82) is 0 Å². The van der Waals surface area contributed by atoms with E-state index < -0.39 is 15.8 Å². The highest BCUT2D eigenvalue weighted by Gasteiger charge is 2.30. The van der Waals surface area contributed by atoms with Crippen LogP contribution in [0.4, 0.5) is 4.39 Å². The number of carbonyl (C=O) groups is 1. The Balaban J connectivity index is 1.69. The highest BCUT2D eigenvalue weighted by atomic mass is 32.2. The number of halogens is 1. The Morgan fingerprint density at radius 1 is 1.00 bits per heavy atom. The fourth-order valence-electron chi connectivity index (χ4n) is 2.85. The van der Waals surface area contributed by atoms with Crippen molar-refractivity contribution in [2.45, 2.75) is 11.8 Å². The molecule has 0 saturated carbocycles. The van der Waals surface area contributed by atoms with Crippen molar-refractivity contribution in [2.24, 2.45) is 0 Å². The highest BCUT2D eigenvalue weighted by molar-refractivity contribution is 7.89. The number of amides is 1. The third-order valence-corrected chi connectivity index (χ3v) is 6.16. The molecule has 1 aliphatic heterocycles. The maximum Gasteiger partial charge on any atom is 0.253 e. The van der Waals surface area contributed by atoms with E-state index in [1.165, 1.54) is 16.4 Å². The summed E-state index contributed by atoms with van der Waals surface area (Å²) in [4.78, 5) is 14.3. The second-order valence-electron chi connectivity index (χ2n) is 6.02. The van der Waals surface area contributed by atoms with Crippen LogP contribution in [0.25, 0.3) is 0 Å². The zero-order chi connectivity index (χ0) is 18.0. The van der Waals surface area contributed by atoms with E-state index in [1.807, 2.05) is 25.1 Å². The Morgan fingerprint density at radius 3 is 2.24 bits per heavy atom. The monoisotopic (exact) mass is 362 g/mol. The zero-order valence-corrected chi connectivity index (χ0v) is 14.7. The molecular weight excluding hydrogens is 343 g/mol. The average molecular weight is 362 g/mol. The van der Waals surface area contributed by atoms with Crippen LogP contribution in [-0.4, -0.2) is 49.7 Å². The van der Waals surface area contributed by atoms with Crippen molar-refractivity contribution in [3.05, 3.63) is 65.5 Å². The van der Waals surface area contributed by atoms with Gasteiger partial charge < -0.3 is 4.90 Å². The molecule has 0 aliphatic carbocycles. The van der Waals surface area contributed by atoms with Gasteiger partial charge in [-0.1, -0.05) is 17.7 Å². The Bertz CT molecular complexity index is 873. The molecule has 1 saturated heterocycles. The lowest BCUT2D eigenvalue weighted by molar-refractivity contribution is 0.0698.